The van der Waals surface area contributed by atoms with Gasteiger partial charge in [-0.15, -0.1) is 0 Å². The molecule has 1 fully saturated rings. The van der Waals surface area contributed by atoms with Crippen molar-refractivity contribution in [1.82, 2.24) is 14.6 Å². The number of nitrogens with zero attached hydrogens (tertiary/aromatic N) is 3. The molecule has 0 unspecified atom stereocenters. The van der Waals surface area contributed by atoms with E-state index in [0.29, 0.717) is 11.9 Å². The van der Waals surface area contributed by atoms with Crippen LogP contribution in [0.25, 0.3) is 11.4 Å². The molecule has 6 nitrogen and oxygen atoms in total. The molecule has 21 heavy (non-hydrogen) atoms. The molecule has 1 saturated carbocycles. The van der Waals surface area contributed by atoms with Crippen LogP contribution in [-0.4, -0.2) is 33.6 Å². The molecule has 0 spiro atoms. The highest BCUT2D eigenvalue weighted by atomic mass is 79.9. The first kappa shape index (κ1) is 14.1. The number of halogens is 1. The van der Waals surface area contributed by atoms with Crippen LogP contribution in [-0.2, 0) is 11.3 Å². The minimum atomic E-state index is -0.623. The third-order valence-corrected chi connectivity index (χ3v) is 4.04. The molecule has 1 amide bonds. The molecule has 110 valence electrons. The third kappa shape index (κ3) is 2.92. The first-order valence-corrected chi connectivity index (χ1v) is 7.43. The van der Waals surface area contributed by atoms with Crippen molar-refractivity contribution in [1.29, 1.82) is 0 Å². The van der Waals surface area contributed by atoms with E-state index in [1.807, 2.05) is 24.3 Å². The van der Waals surface area contributed by atoms with E-state index in [0.717, 1.165) is 22.9 Å². The van der Waals surface area contributed by atoms with Gasteiger partial charge in [0.15, 0.2) is 5.82 Å². The lowest BCUT2D eigenvalue weighted by atomic mass is 10.2. The van der Waals surface area contributed by atoms with Gasteiger partial charge in [0, 0.05) is 23.1 Å². The summed E-state index contributed by atoms with van der Waals surface area (Å²) in [5.74, 6) is -0.375. The monoisotopic (exact) mass is 351 g/mol. The number of carbonyl (C=O) groups excluding carboxylic acids is 1. The minimum absolute atomic E-state index is 0.0584. The highest BCUT2D eigenvalue weighted by Gasteiger charge is 2.30. The Balaban J connectivity index is 1.90. The first-order valence-electron chi connectivity index (χ1n) is 6.64. The molecule has 1 aliphatic carbocycles. The molecule has 0 aliphatic heterocycles. The van der Waals surface area contributed by atoms with Gasteiger partial charge in [-0.2, -0.15) is 0 Å². The Morgan fingerprint density at radius 2 is 2.29 bits per heavy atom. The molecule has 1 heterocycles. The van der Waals surface area contributed by atoms with Crippen molar-refractivity contribution in [2.24, 2.45) is 0 Å². The molecule has 0 bridgehead atoms. The van der Waals surface area contributed by atoms with E-state index in [-0.39, 0.29) is 12.5 Å². The number of hydrogen-bond donors (Lipinski definition) is 0. The van der Waals surface area contributed by atoms with Gasteiger partial charge >= 0.3 is 5.76 Å². The van der Waals surface area contributed by atoms with E-state index in [1.165, 1.54) is 4.57 Å². The SMILES string of the molecule is CN(C(=O)Cn1c(-c2cccc(Br)c2)noc1=O)C1CC1. The zero-order chi connectivity index (χ0) is 15.0. The summed E-state index contributed by atoms with van der Waals surface area (Å²) >= 11 is 3.37. The van der Waals surface area contributed by atoms with Gasteiger partial charge in [-0.3, -0.25) is 9.32 Å². The highest BCUT2D eigenvalue weighted by Crippen LogP contribution is 2.26. The largest absolute Gasteiger partial charge is 0.442 e. The van der Waals surface area contributed by atoms with Crippen LogP contribution in [0.5, 0.6) is 0 Å². The molecule has 0 saturated heterocycles. The lowest BCUT2D eigenvalue weighted by Gasteiger charge is -2.16. The smallest absolute Gasteiger partial charge is 0.341 e. The van der Waals surface area contributed by atoms with Crippen molar-refractivity contribution in [3.8, 4) is 11.4 Å². The molecule has 0 N–H and O–H groups in total. The summed E-state index contributed by atoms with van der Waals surface area (Å²) in [6.45, 7) is -0.0584. The number of hydrogen-bond acceptors (Lipinski definition) is 4. The molecule has 1 aliphatic rings. The van der Waals surface area contributed by atoms with E-state index in [9.17, 15) is 9.59 Å². The van der Waals surface area contributed by atoms with Crippen molar-refractivity contribution >= 4 is 21.8 Å². The topological polar surface area (TPSA) is 68.3 Å². The maximum absolute atomic E-state index is 12.2. The molecule has 1 aromatic heterocycles. The van der Waals surface area contributed by atoms with Crippen LogP contribution in [0.1, 0.15) is 12.8 Å². The van der Waals surface area contributed by atoms with E-state index >= 15 is 0 Å². The molecule has 3 rings (SSSR count). The normalized spacial score (nSPS) is 14.2. The second-order valence-corrected chi connectivity index (χ2v) is 6.02. The van der Waals surface area contributed by atoms with Crippen molar-refractivity contribution in [3.05, 3.63) is 39.3 Å². The quantitative estimate of drug-likeness (QED) is 0.843. The summed E-state index contributed by atoms with van der Waals surface area (Å²) in [7, 11) is 1.76. The van der Waals surface area contributed by atoms with Crippen LogP contribution in [0.4, 0.5) is 0 Å². The Hall–Kier alpha value is -1.89. The summed E-state index contributed by atoms with van der Waals surface area (Å²) in [5, 5.41) is 3.78. The van der Waals surface area contributed by atoms with Crippen LogP contribution in [0, 0.1) is 0 Å². The summed E-state index contributed by atoms with van der Waals surface area (Å²) < 4.78 is 6.85. The van der Waals surface area contributed by atoms with Crippen molar-refractivity contribution in [3.63, 3.8) is 0 Å². The number of aromatic nitrogens is 2. The maximum atomic E-state index is 12.2. The third-order valence-electron chi connectivity index (χ3n) is 3.55. The Kier molecular flexibility index (Phi) is 3.67. The number of likely N-dealkylation sites (N-methyl/N-ethyl adjacent to an activating group) is 1. The van der Waals surface area contributed by atoms with E-state index in [2.05, 4.69) is 21.1 Å². The van der Waals surface area contributed by atoms with Crippen LogP contribution in [0.2, 0.25) is 0 Å². The number of benzene rings is 1. The lowest BCUT2D eigenvalue weighted by Crippen LogP contribution is -2.34. The van der Waals surface area contributed by atoms with Gasteiger partial charge in [0.1, 0.15) is 6.54 Å². The molecule has 7 heteroatoms. The molecule has 1 aromatic carbocycles. The number of amides is 1. The molecular formula is C14H14BrN3O3. The highest BCUT2D eigenvalue weighted by molar-refractivity contribution is 9.10. The fourth-order valence-electron chi connectivity index (χ4n) is 2.16. The second kappa shape index (κ2) is 5.48. The van der Waals surface area contributed by atoms with Crippen molar-refractivity contribution < 1.29 is 9.32 Å². The van der Waals surface area contributed by atoms with Gasteiger partial charge in [0.25, 0.3) is 0 Å². The van der Waals surface area contributed by atoms with Gasteiger partial charge < -0.3 is 4.90 Å². The standard InChI is InChI=1S/C14H14BrN3O3/c1-17(11-5-6-11)12(19)8-18-13(16-21-14(18)20)9-3-2-4-10(15)7-9/h2-4,7,11H,5-6,8H2,1H3. The Bertz CT molecular complexity index is 733. The zero-order valence-corrected chi connectivity index (χ0v) is 13.0. The van der Waals surface area contributed by atoms with Crippen LogP contribution >= 0.6 is 15.9 Å². The lowest BCUT2D eigenvalue weighted by molar-refractivity contribution is -0.131. The average molecular weight is 352 g/mol. The first-order chi connectivity index (χ1) is 10.1. The summed E-state index contributed by atoms with van der Waals surface area (Å²) in [6.07, 6.45) is 2.05. The van der Waals surface area contributed by atoms with Gasteiger partial charge in [-0.25, -0.2) is 9.36 Å². The fraction of sp³-hybridized carbons (Fsp3) is 0.357. The van der Waals surface area contributed by atoms with Gasteiger partial charge in [-0.05, 0) is 25.0 Å². The van der Waals surface area contributed by atoms with E-state index in [1.54, 1.807) is 11.9 Å². The van der Waals surface area contributed by atoms with Crippen molar-refractivity contribution in [2.45, 2.75) is 25.4 Å². The zero-order valence-electron chi connectivity index (χ0n) is 11.5. The minimum Gasteiger partial charge on any atom is -0.341 e. The van der Waals surface area contributed by atoms with Gasteiger partial charge in [0.05, 0.1) is 0 Å². The van der Waals surface area contributed by atoms with E-state index in [4.69, 9.17) is 4.52 Å². The predicted molar refractivity (Wildman–Crippen MR) is 79.7 cm³/mol. The summed E-state index contributed by atoms with van der Waals surface area (Å²) in [6, 6.07) is 7.65. The molecule has 0 atom stereocenters. The van der Waals surface area contributed by atoms with Gasteiger partial charge in [0.2, 0.25) is 5.91 Å². The second-order valence-electron chi connectivity index (χ2n) is 5.10. The maximum Gasteiger partial charge on any atom is 0.442 e. The Labute approximate surface area is 129 Å². The predicted octanol–water partition coefficient (Wildman–Crippen LogP) is 1.89. The summed E-state index contributed by atoms with van der Waals surface area (Å²) in [4.78, 5) is 25.7. The van der Waals surface area contributed by atoms with E-state index < -0.39 is 5.76 Å². The Morgan fingerprint density at radius 1 is 1.52 bits per heavy atom. The van der Waals surface area contributed by atoms with Gasteiger partial charge in [-0.1, -0.05) is 33.2 Å². The number of rotatable bonds is 4. The Morgan fingerprint density at radius 3 is 2.95 bits per heavy atom. The summed E-state index contributed by atoms with van der Waals surface area (Å²) in [5.41, 5.74) is 0.720. The fourth-order valence-corrected chi connectivity index (χ4v) is 2.55. The van der Waals surface area contributed by atoms with Crippen molar-refractivity contribution in [2.75, 3.05) is 7.05 Å². The molecule has 2 aromatic rings. The number of carbonyl (C=O) groups is 1. The van der Waals surface area contributed by atoms with Crippen LogP contribution in [0.3, 0.4) is 0 Å². The average Bonchev–Trinajstić information content (AvgIpc) is 3.24. The van der Waals surface area contributed by atoms with Crippen LogP contribution in [0.15, 0.2) is 38.1 Å². The van der Waals surface area contributed by atoms with Crippen LogP contribution < -0.4 is 5.76 Å². The molecular weight excluding hydrogens is 338 g/mol. The molecule has 0 radical (unpaired) electrons.